The summed E-state index contributed by atoms with van der Waals surface area (Å²) in [6.45, 7) is 2.26. The maximum atomic E-state index is 14.4. The van der Waals surface area contributed by atoms with Gasteiger partial charge in [-0.15, -0.1) is 0 Å². The molecule has 0 radical (unpaired) electrons. The second-order valence-corrected chi connectivity index (χ2v) is 9.90. The van der Waals surface area contributed by atoms with Crippen molar-refractivity contribution in [3.05, 3.63) is 114 Å². The SMILES string of the molecule is O=C1CCN2C(=C1C(=O)Nc1c(F)cccc1F)N(CCNCCc1ccccc1)c1cc3ccccc3cc12. The van der Waals surface area contributed by atoms with Gasteiger partial charge in [0.1, 0.15) is 28.7 Å². The van der Waals surface area contributed by atoms with Crippen LogP contribution in [-0.2, 0) is 16.0 Å². The van der Waals surface area contributed by atoms with E-state index in [2.05, 4.69) is 34.9 Å². The average molecular weight is 539 g/mol. The summed E-state index contributed by atoms with van der Waals surface area (Å²) in [5, 5.41) is 7.87. The number of amides is 1. The molecule has 8 heteroatoms. The van der Waals surface area contributed by atoms with E-state index < -0.39 is 23.2 Å². The standard InChI is InChI=1S/C32H28F2N4O2/c33-24-11-6-12-25(34)30(24)36-31(40)29-28(39)14-17-37-26-19-22-9-4-5-10-23(22)20-27(26)38(32(29)37)18-16-35-15-13-21-7-2-1-3-8-21/h1-12,19-20,35H,13-18H2,(H,36,40). The zero-order valence-electron chi connectivity index (χ0n) is 21.8. The molecular formula is C32H28F2N4O2. The molecule has 0 fully saturated rings. The third kappa shape index (κ3) is 4.82. The number of halogens is 2. The first-order chi connectivity index (χ1) is 19.5. The summed E-state index contributed by atoms with van der Waals surface area (Å²) in [4.78, 5) is 30.7. The number of nitrogens with zero attached hydrogens (tertiary/aromatic N) is 2. The maximum Gasteiger partial charge on any atom is 0.263 e. The van der Waals surface area contributed by atoms with Gasteiger partial charge in [-0.1, -0.05) is 60.7 Å². The smallest absolute Gasteiger partial charge is 0.263 e. The van der Waals surface area contributed by atoms with Crippen molar-refractivity contribution in [2.45, 2.75) is 12.8 Å². The van der Waals surface area contributed by atoms with Crippen molar-refractivity contribution in [1.29, 1.82) is 0 Å². The second-order valence-electron chi connectivity index (χ2n) is 9.90. The van der Waals surface area contributed by atoms with E-state index in [-0.39, 0.29) is 17.8 Å². The van der Waals surface area contributed by atoms with Crippen LogP contribution in [0.15, 0.2) is 96.3 Å². The molecule has 202 valence electrons. The van der Waals surface area contributed by atoms with Crippen molar-refractivity contribution in [3.63, 3.8) is 0 Å². The largest absolute Gasteiger partial charge is 0.325 e. The highest BCUT2D eigenvalue weighted by atomic mass is 19.1. The van der Waals surface area contributed by atoms with Crippen LogP contribution in [0.3, 0.4) is 0 Å². The van der Waals surface area contributed by atoms with E-state index in [0.29, 0.717) is 25.5 Å². The first kappa shape index (κ1) is 25.7. The van der Waals surface area contributed by atoms with Gasteiger partial charge in [0, 0.05) is 26.1 Å². The summed E-state index contributed by atoms with van der Waals surface area (Å²) in [6.07, 6.45) is 0.985. The number of para-hydroxylation sites is 1. The molecule has 2 N–H and O–H groups in total. The molecule has 4 aromatic rings. The Morgan fingerprint density at radius 3 is 2.23 bits per heavy atom. The molecule has 1 amide bonds. The molecule has 2 aliphatic rings. The topological polar surface area (TPSA) is 64.7 Å². The Morgan fingerprint density at radius 2 is 1.50 bits per heavy atom. The minimum atomic E-state index is -0.903. The fourth-order valence-electron chi connectivity index (χ4n) is 5.42. The van der Waals surface area contributed by atoms with Gasteiger partial charge in [0.2, 0.25) is 0 Å². The zero-order valence-corrected chi connectivity index (χ0v) is 21.8. The lowest BCUT2D eigenvalue weighted by atomic mass is 10.0. The minimum Gasteiger partial charge on any atom is -0.325 e. The molecule has 0 atom stereocenters. The number of benzene rings is 4. The lowest BCUT2D eigenvalue weighted by molar-refractivity contribution is -0.120. The van der Waals surface area contributed by atoms with Crippen molar-refractivity contribution in [2.24, 2.45) is 0 Å². The Bertz CT molecular complexity index is 1620. The quantitative estimate of drug-likeness (QED) is 0.232. The van der Waals surface area contributed by atoms with Crippen LogP contribution in [-0.4, -0.2) is 37.9 Å². The highest BCUT2D eigenvalue weighted by molar-refractivity contribution is 6.26. The van der Waals surface area contributed by atoms with Crippen LogP contribution < -0.4 is 20.4 Å². The Hall–Kier alpha value is -4.56. The molecule has 0 saturated heterocycles. The van der Waals surface area contributed by atoms with Crippen molar-refractivity contribution in [2.75, 3.05) is 41.3 Å². The van der Waals surface area contributed by atoms with Gasteiger partial charge in [0.15, 0.2) is 5.78 Å². The van der Waals surface area contributed by atoms with Crippen LogP contribution in [0.2, 0.25) is 0 Å². The van der Waals surface area contributed by atoms with E-state index in [9.17, 15) is 18.4 Å². The summed E-state index contributed by atoms with van der Waals surface area (Å²) in [7, 11) is 0. The fraction of sp³-hybridized carbons (Fsp3) is 0.188. The van der Waals surface area contributed by atoms with E-state index in [1.807, 2.05) is 52.3 Å². The Kier molecular flexibility index (Phi) is 7.00. The Labute approximate surface area is 230 Å². The summed E-state index contributed by atoms with van der Waals surface area (Å²) in [5.74, 6) is -2.55. The number of carbonyl (C=O) groups is 2. The predicted molar refractivity (Wildman–Crippen MR) is 153 cm³/mol. The van der Waals surface area contributed by atoms with Crippen molar-refractivity contribution < 1.29 is 18.4 Å². The van der Waals surface area contributed by atoms with Crippen LogP contribution in [0.1, 0.15) is 12.0 Å². The monoisotopic (exact) mass is 538 g/mol. The van der Waals surface area contributed by atoms with Crippen LogP contribution >= 0.6 is 0 Å². The molecule has 0 bridgehead atoms. The van der Waals surface area contributed by atoms with Gasteiger partial charge in [-0.3, -0.25) is 9.59 Å². The molecule has 0 aromatic heterocycles. The number of rotatable bonds is 8. The lowest BCUT2D eigenvalue weighted by Gasteiger charge is -2.31. The van der Waals surface area contributed by atoms with Gasteiger partial charge < -0.3 is 20.4 Å². The van der Waals surface area contributed by atoms with Crippen molar-refractivity contribution in [3.8, 4) is 0 Å². The van der Waals surface area contributed by atoms with Crippen LogP contribution in [0.4, 0.5) is 25.8 Å². The summed E-state index contributed by atoms with van der Waals surface area (Å²) >= 11 is 0. The highest BCUT2D eigenvalue weighted by Gasteiger charge is 2.41. The van der Waals surface area contributed by atoms with Gasteiger partial charge >= 0.3 is 0 Å². The third-order valence-electron chi connectivity index (χ3n) is 7.37. The average Bonchev–Trinajstić information content (AvgIpc) is 3.26. The molecule has 0 unspecified atom stereocenters. The molecule has 6 rings (SSSR count). The highest BCUT2D eigenvalue weighted by Crippen LogP contribution is 2.46. The molecule has 0 spiro atoms. The molecule has 0 saturated carbocycles. The van der Waals surface area contributed by atoms with Crippen LogP contribution in [0, 0.1) is 11.6 Å². The third-order valence-corrected chi connectivity index (χ3v) is 7.37. The number of hydrogen-bond donors (Lipinski definition) is 2. The lowest BCUT2D eigenvalue weighted by Crippen LogP contribution is -2.42. The zero-order chi connectivity index (χ0) is 27.6. The van der Waals surface area contributed by atoms with Crippen molar-refractivity contribution >= 4 is 39.5 Å². The normalized spacial score (nSPS) is 14.5. The van der Waals surface area contributed by atoms with E-state index in [4.69, 9.17) is 0 Å². The van der Waals surface area contributed by atoms with E-state index in [0.717, 1.165) is 47.2 Å². The molecule has 2 heterocycles. The summed E-state index contributed by atoms with van der Waals surface area (Å²) in [6, 6.07) is 25.7. The minimum absolute atomic E-state index is 0.0987. The van der Waals surface area contributed by atoms with E-state index in [1.54, 1.807) is 0 Å². The molecule has 4 aromatic carbocycles. The molecule has 6 nitrogen and oxygen atoms in total. The van der Waals surface area contributed by atoms with E-state index >= 15 is 0 Å². The van der Waals surface area contributed by atoms with Crippen LogP contribution in [0.5, 0.6) is 0 Å². The fourth-order valence-corrected chi connectivity index (χ4v) is 5.42. The summed E-state index contributed by atoms with van der Waals surface area (Å²) in [5.41, 5.74) is 2.35. The molecule has 0 aliphatic carbocycles. The number of carbonyl (C=O) groups excluding carboxylic acids is 2. The number of hydrogen-bond acceptors (Lipinski definition) is 5. The first-order valence-corrected chi connectivity index (χ1v) is 13.4. The van der Waals surface area contributed by atoms with Crippen LogP contribution in [0.25, 0.3) is 10.8 Å². The second kappa shape index (κ2) is 10.9. The maximum absolute atomic E-state index is 14.4. The predicted octanol–water partition coefficient (Wildman–Crippen LogP) is 5.40. The Balaban J connectivity index is 1.34. The molecular weight excluding hydrogens is 510 g/mol. The molecule has 2 aliphatic heterocycles. The van der Waals surface area contributed by atoms with Gasteiger partial charge in [-0.2, -0.15) is 0 Å². The van der Waals surface area contributed by atoms with Gasteiger partial charge in [-0.05, 0) is 53.6 Å². The number of fused-ring (bicyclic) bond motifs is 4. The van der Waals surface area contributed by atoms with Crippen molar-refractivity contribution in [1.82, 2.24) is 5.32 Å². The number of Topliss-reactive ketones (excluding diaryl/α,β-unsaturated/α-hetero) is 1. The number of anilines is 3. The Morgan fingerprint density at radius 1 is 0.825 bits per heavy atom. The first-order valence-electron chi connectivity index (χ1n) is 13.4. The number of nitrogens with one attached hydrogen (secondary N) is 2. The molecule has 40 heavy (non-hydrogen) atoms. The summed E-state index contributed by atoms with van der Waals surface area (Å²) < 4.78 is 28.7. The van der Waals surface area contributed by atoms with E-state index in [1.165, 1.54) is 11.6 Å². The van der Waals surface area contributed by atoms with Gasteiger partial charge in [0.25, 0.3) is 5.91 Å². The van der Waals surface area contributed by atoms with Gasteiger partial charge in [0.05, 0.1) is 11.4 Å². The van der Waals surface area contributed by atoms with Gasteiger partial charge in [-0.25, -0.2) is 8.78 Å². The number of ketones is 1.